The number of anilines is 2. The first-order chi connectivity index (χ1) is 10.5. The Kier molecular flexibility index (Phi) is 5.55. The first kappa shape index (κ1) is 16.5. The van der Waals surface area contributed by atoms with E-state index >= 15 is 0 Å². The van der Waals surface area contributed by atoms with Crippen molar-refractivity contribution in [3.8, 4) is 0 Å². The number of carbonyl (C=O) groups is 1. The number of hydrogen-bond donors (Lipinski definition) is 2. The number of aromatic nitrogens is 1. The van der Waals surface area contributed by atoms with Crippen molar-refractivity contribution in [2.75, 3.05) is 17.2 Å². The summed E-state index contributed by atoms with van der Waals surface area (Å²) < 4.78 is 0.968. The molecule has 1 heterocycles. The number of nitrogens with one attached hydrogen (secondary N) is 2. The fraction of sp³-hybridized carbons (Fsp3) is 0.294. The molecule has 0 bridgehead atoms. The third kappa shape index (κ3) is 4.56. The number of amides is 1. The third-order valence-corrected chi connectivity index (χ3v) is 4.00. The van der Waals surface area contributed by atoms with E-state index in [4.69, 9.17) is 0 Å². The van der Waals surface area contributed by atoms with Crippen molar-refractivity contribution in [3.05, 3.63) is 52.3 Å². The number of aryl methyl sites for hydroxylation is 1. The van der Waals surface area contributed by atoms with Crippen LogP contribution in [-0.4, -0.2) is 17.4 Å². The Morgan fingerprint density at radius 1 is 1.23 bits per heavy atom. The molecule has 1 aromatic carbocycles. The highest BCUT2D eigenvalue weighted by molar-refractivity contribution is 9.10. The lowest BCUT2D eigenvalue weighted by atomic mass is 10.2. The van der Waals surface area contributed by atoms with Crippen LogP contribution in [0.25, 0.3) is 0 Å². The monoisotopic (exact) mass is 361 g/mol. The highest BCUT2D eigenvalue weighted by Crippen LogP contribution is 2.21. The number of benzene rings is 1. The molecule has 2 N–H and O–H groups in total. The second kappa shape index (κ2) is 7.40. The van der Waals surface area contributed by atoms with E-state index in [1.807, 2.05) is 31.2 Å². The van der Waals surface area contributed by atoms with Gasteiger partial charge in [-0.05, 0) is 36.6 Å². The number of pyridine rings is 1. The minimum Gasteiger partial charge on any atom is -0.384 e. The van der Waals surface area contributed by atoms with Crippen LogP contribution in [0.5, 0.6) is 0 Å². The van der Waals surface area contributed by atoms with Gasteiger partial charge in [0.2, 0.25) is 0 Å². The minimum atomic E-state index is -0.170. The quantitative estimate of drug-likeness (QED) is 0.825. The van der Waals surface area contributed by atoms with Crippen molar-refractivity contribution in [2.45, 2.75) is 20.8 Å². The van der Waals surface area contributed by atoms with Gasteiger partial charge >= 0.3 is 0 Å². The molecule has 116 valence electrons. The lowest BCUT2D eigenvalue weighted by Crippen LogP contribution is -2.14. The zero-order chi connectivity index (χ0) is 16.1. The number of carbonyl (C=O) groups excluding carboxylic acids is 1. The fourth-order valence-electron chi connectivity index (χ4n) is 1.86. The highest BCUT2D eigenvalue weighted by atomic mass is 79.9. The van der Waals surface area contributed by atoms with Gasteiger partial charge in [0.05, 0.1) is 11.3 Å². The van der Waals surface area contributed by atoms with Crippen molar-refractivity contribution in [1.82, 2.24) is 4.98 Å². The molecule has 22 heavy (non-hydrogen) atoms. The van der Waals surface area contributed by atoms with Crippen LogP contribution < -0.4 is 10.6 Å². The summed E-state index contributed by atoms with van der Waals surface area (Å²) in [5, 5.41) is 6.15. The lowest BCUT2D eigenvalue weighted by Gasteiger charge is -2.10. The molecular weight excluding hydrogens is 342 g/mol. The van der Waals surface area contributed by atoms with Gasteiger partial charge in [-0.2, -0.15) is 0 Å². The molecule has 0 aliphatic carbocycles. The molecule has 4 nitrogen and oxygen atoms in total. The van der Waals surface area contributed by atoms with Gasteiger partial charge in [0.15, 0.2) is 0 Å². The smallest absolute Gasteiger partial charge is 0.257 e. The summed E-state index contributed by atoms with van der Waals surface area (Å²) in [6, 6.07) is 7.54. The zero-order valence-corrected chi connectivity index (χ0v) is 14.6. The SMILES string of the molecule is Cc1ccc(NC(=O)c2cncc(NCC(C)C)c2)cc1Br. The van der Waals surface area contributed by atoms with Gasteiger partial charge in [-0.1, -0.05) is 35.8 Å². The summed E-state index contributed by atoms with van der Waals surface area (Å²) in [5.41, 5.74) is 3.26. The molecule has 0 unspecified atom stereocenters. The predicted octanol–water partition coefficient (Wildman–Crippen LogP) is 4.47. The van der Waals surface area contributed by atoms with E-state index in [0.717, 1.165) is 28.0 Å². The van der Waals surface area contributed by atoms with Crippen LogP contribution >= 0.6 is 15.9 Å². The van der Waals surface area contributed by atoms with Crippen LogP contribution in [0.4, 0.5) is 11.4 Å². The van der Waals surface area contributed by atoms with E-state index in [1.165, 1.54) is 0 Å². The molecular formula is C17H20BrN3O. The summed E-state index contributed by atoms with van der Waals surface area (Å²) >= 11 is 3.46. The first-order valence-corrected chi connectivity index (χ1v) is 8.01. The van der Waals surface area contributed by atoms with Gasteiger partial charge in [-0.15, -0.1) is 0 Å². The van der Waals surface area contributed by atoms with E-state index in [1.54, 1.807) is 12.4 Å². The molecule has 0 spiro atoms. The predicted molar refractivity (Wildman–Crippen MR) is 94.4 cm³/mol. The third-order valence-electron chi connectivity index (χ3n) is 3.14. The molecule has 0 radical (unpaired) electrons. The van der Waals surface area contributed by atoms with Gasteiger partial charge in [0.25, 0.3) is 5.91 Å². The van der Waals surface area contributed by atoms with Gasteiger partial charge in [0, 0.05) is 29.1 Å². The van der Waals surface area contributed by atoms with E-state index < -0.39 is 0 Å². The molecule has 0 aliphatic heterocycles. The van der Waals surface area contributed by atoms with Crippen LogP contribution in [0.3, 0.4) is 0 Å². The standard InChI is InChI=1S/C17H20BrN3O/c1-11(2)8-20-15-6-13(9-19-10-15)17(22)21-14-5-4-12(3)16(18)7-14/h4-7,9-11,20H,8H2,1-3H3,(H,21,22). The van der Waals surface area contributed by atoms with Crippen LogP contribution in [0.15, 0.2) is 41.1 Å². The maximum atomic E-state index is 12.3. The summed E-state index contributed by atoms with van der Waals surface area (Å²) in [7, 11) is 0. The largest absolute Gasteiger partial charge is 0.384 e. The van der Waals surface area contributed by atoms with Crippen molar-refractivity contribution in [2.24, 2.45) is 5.92 Å². The zero-order valence-electron chi connectivity index (χ0n) is 13.0. The molecule has 0 fully saturated rings. The Morgan fingerprint density at radius 3 is 2.68 bits per heavy atom. The Morgan fingerprint density at radius 2 is 2.00 bits per heavy atom. The van der Waals surface area contributed by atoms with Crippen LogP contribution in [-0.2, 0) is 0 Å². The summed E-state index contributed by atoms with van der Waals surface area (Å²) in [5.74, 6) is 0.360. The van der Waals surface area contributed by atoms with E-state index in [-0.39, 0.29) is 5.91 Å². The number of rotatable bonds is 5. The molecule has 0 saturated carbocycles. The van der Waals surface area contributed by atoms with Crippen molar-refractivity contribution >= 4 is 33.2 Å². The molecule has 0 saturated heterocycles. The second-order valence-electron chi connectivity index (χ2n) is 5.66. The van der Waals surface area contributed by atoms with Crippen LogP contribution in [0, 0.1) is 12.8 Å². The second-order valence-corrected chi connectivity index (χ2v) is 6.51. The maximum Gasteiger partial charge on any atom is 0.257 e. The molecule has 5 heteroatoms. The average Bonchev–Trinajstić information content (AvgIpc) is 2.49. The summed E-state index contributed by atoms with van der Waals surface area (Å²) in [4.78, 5) is 16.4. The van der Waals surface area contributed by atoms with E-state index in [2.05, 4.69) is 45.4 Å². The summed E-state index contributed by atoms with van der Waals surface area (Å²) in [6.07, 6.45) is 3.29. The Bertz CT molecular complexity index is 671. The van der Waals surface area contributed by atoms with Crippen molar-refractivity contribution in [3.63, 3.8) is 0 Å². The number of nitrogens with zero attached hydrogens (tertiary/aromatic N) is 1. The normalized spacial score (nSPS) is 10.6. The van der Waals surface area contributed by atoms with E-state index in [0.29, 0.717) is 11.5 Å². The average molecular weight is 362 g/mol. The summed E-state index contributed by atoms with van der Waals surface area (Å²) in [6.45, 7) is 7.11. The van der Waals surface area contributed by atoms with Gasteiger partial charge < -0.3 is 10.6 Å². The minimum absolute atomic E-state index is 0.170. The Hall–Kier alpha value is -1.88. The molecule has 2 rings (SSSR count). The lowest BCUT2D eigenvalue weighted by molar-refractivity contribution is 0.102. The topological polar surface area (TPSA) is 54.0 Å². The molecule has 0 atom stereocenters. The first-order valence-electron chi connectivity index (χ1n) is 7.22. The molecule has 0 aliphatic rings. The van der Waals surface area contributed by atoms with Gasteiger partial charge in [-0.25, -0.2) is 0 Å². The molecule has 2 aromatic rings. The fourth-order valence-corrected chi connectivity index (χ4v) is 2.24. The van der Waals surface area contributed by atoms with Crippen LogP contribution in [0.1, 0.15) is 29.8 Å². The Balaban J connectivity index is 2.08. The number of hydrogen-bond acceptors (Lipinski definition) is 3. The van der Waals surface area contributed by atoms with Gasteiger partial charge in [0.1, 0.15) is 0 Å². The van der Waals surface area contributed by atoms with Gasteiger partial charge in [-0.3, -0.25) is 9.78 Å². The molecule has 1 aromatic heterocycles. The van der Waals surface area contributed by atoms with Crippen molar-refractivity contribution < 1.29 is 4.79 Å². The Labute approximate surface area is 139 Å². The number of halogens is 1. The maximum absolute atomic E-state index is 12.3. The van der Waals surface area contributed by atoms with Crippen LogP contribution in [0.2, 0.25) is 0 Å². The molecule has 1 amide bonds. The van der Waals surface area contributed by atoms with E-state index in [9.17, 15) is 4.79 Å². The van der Waals surface area contributed by atoms with Crippen molar-refractivity contribution in [1.29, 1.82) is 0 Å². The highest BCUT2D eigenvalue weighted by Gasteiger charge is 2.08.